The first kappa shape index (κ1) is 29.9. The Labute approximate surface area is 267 Å². The zero-order valence-corrected chi connectivity index (χ0v) is 26.1. The van der Waals surface area contributed by atoms with Gasteiger partial charge in [-0.2, -0.15) is 0 Å². The Balaban J connectivity index is 1.32. The van der Waals surface area contributed by atoms with E-state index >= 15 is 0 Å². The van der Waals surface area contributed by atoms with Crippen molar-refractivity contribution in [3.63, 3.8) is 0 Å². The van der Waals surface area contributed by atoms with Gasteiger partial charge in [0, 0.05) is 27.7 Å². The molecule has 4 aromatic carbocycles. The molecule has 0 saturated heterocycles. The van der Waals surface area contributed by atoms with Crippen LogP contribution in [0.15, 0.2) is 103 Å². The first-order valence-corrected chi connectivity index (χ1v) is 15.7. The molecule has 1 aromatic heterocycles. The molecule has 0 fully saturated rings. The van der Waals surface area contributed by atoms with Crippen LogP contribution < -0.4 is 5.32 Å². The van der Waals surface area contributed by atoms with Crippen molar-refractivity contribution in [3.8, 4) is 11.1 Å². The maximum absolute atomic E-state index is 14.4. The summed E-state index contributed by atoms with van der Waals surface area (Å²) in [6.45, 7) is 2.18. The number of benzene rings is 4. The number of aryl methyl sites for hydroxylation is 2. The fraction of sp³-hybridized carbons (Fsp3) is 0.184. The zero-order valence-electron chi connectivity index (χ0n) is 24.5. The van der Waals surface area contributed by atoms with Crippen LogP contribution >= 0.6 is 23.2 Å². The molecule has 0 saturated carbocycles. The van der Waals surface area contributed by atoms with Crippen LogP contribution in [0.5, 0.6) is 0 Å². The Morgan fingerprint density at radius 1 is 0.864 bits per heavy atom. The van der Waals surface area contributed by atoms with Gasteiger partial charge in [0.15, 0.2) is 0 Å². The summed E-state index contributed by atoms with van der Waals surface area (Å²) in [5.74, 6) is -0.237. The second-order valence-electron chi connectivity index (χ2n) is 11.2. The molecule has 5 aromatic rings. The van der Waals surface area contributed by atoms with Gasteiger partial charge in [0.1, 0.15) is 5.82 Å². The highest BCUT2D eigenvalue weighted by Gasteiger charge is 2.24. The van der Waals surface area contributed by atoms with Crippen molar-refractivity contribution in [3.05, 3.63) is 146 Å². The number of hydrogen-bond donors (Lipinski definition) is 1. The summed E-state index contributed by atoms with van der Waals surface area (Å²) in [5, 5.41) is 5.56. The molecule has 1 N–H and O–H groups in total. The first-order valence-electron chi connectivity index (χ1n) is 15.0. The van der Waals surface area contributed by atoms with E-state index in [-0.39, 0.29) is 18.4 Å². The summed E-state index contributed by atoms with van der Waals surface area (Å²) in [5.41, 5.74) is 9.10. The summed E-state index contributed by atoms with van der Waals surface area (Å²) in [6.07, 6.45) is 10.3. The third kappa shape index (κ3) is 6.52. The van der Waals surface area contributed by atoms with Crippen LogP contribution in [0.4, 0.5) is 9.18 Å². The Kier molecular flexibility index (Phi) is 9.02. The van der Waals surface area contributed by atoms with Gasteiger partial charge in [0.25, 0.3) is 0 Å². The molecular formula is C38H33Cl2FN2O. The lowest BCUT2D eigenvalue weighted by Gasteiger charge is -2.12. The minimum absolute atomic E-state index is 0.203. The number of aromatic nitrogens is 1. The molecule has 0 atom stereocenters. The predicted molar refractivity (Wildman–Crippen MR) is 181 cm³/mol. The summed E-state index contributed by atoms with van der Waals surface area (Å²) < 4.78 is 16.3. The molecule has 0 spiro atoms. The van der Waals surface area contributed by atoms with Crippen LogP contribution in [0.3, 0.4) is 0 Å². The van der Waals surface area contributed by atoms with Gasteiger partial charge in [-0.3, -0.25) is 4.57 Å². The Morgan fingerprint density at radius 3 is 2.30 bits per heavy atom. The van der Waals surface area contributed by atoms with E-state index < -0.39 is 0 Å². The standard InChI is InChI=1S/C38H33Cl2FN2O/c1-2-28-11-6-27(22-35(28)41)24-42-38(44)43-36-20-10-26(5-3-4-25-7-15-31(39)16-8-25)9-19-33(36)34-23-30(14-21-37(34)43)29-12-17-32(40)18-13-29/h3-8,11-18,21-23H,2,9-10,19-20,24H2,1H3,(H,42,44)/b4-3+,26-5-. The third-order valence-electron chi connectivity index (χ3n) is 8.37. The van der Waals surface area contributed by atoms with E-state index in [9.17, 15) is 9.18 Å². The lowest BCUT2D eigenvalue weighted by Crippen LogP contribution is -2.29. The van der Waals surface area contributed by atoms with E-state index in [1.54, 1.807) is 6.07 Å². The maximum atomic E-state index is 14.4. The number of amides is 1. The third-order valence-corrected chi connectivity index (χ3v) is 8.88. The zero-order chi connectivity index (χ0) is 30.6. The summed E-state index contributed by atoms with van der Waals surface area (Å²) in [7, 11) is 0. The molecular weight excluding hydrogens is 590 g/mol. The first-order chi connectivity index (χ1) is 21.4. The van der Waals surface area contributed by atoms with Crippen LogP contribution in [0.1, 0.15) is 47.7 Å². The molecule has 44 heavy (non-hydrogen) atoms. The monoisotopic (exact) mass is 622 g/mol. The van der Waals surface area contributed by atoms with Crippen molar-refractivity contribution in [2.45, 2.75) is 45.6 Å². The SMILES string of the molecule is CCc1ccc(CNC(=O)n2c3c(c4cc(-c5ccc(Cl)cc5)ccc42)CC/C(=C/C=C/c2ccc(Cl)cc2)CC3)cc1F. The lowest BCUT2D eigenvalue weighted by molar-refractivity contribution is 0.242. The fourth-order valence-electron chi connectivity index (χ4n) is 5.97. The van der Waals surface area contributed by atoms with Crippen LogP contribution in [0.25, 0.3) is 28.1 Å². The van der Waals surface area contributed by atoms with Gasteiger partial charge < -0.3 is 5.32 Å². The highest BCUT2D eigenvalue weighted by Crippen LogP contribution is 2.36. The number of rotatable bonds is 6. The largest absolute Gasteiger partial charge is 0.333 e. The molecule has 1 aliphatic rings. The molecule has 0 aliphatic heterocycles. The summed E-state index contributed by atoms with van der Waals surface area (Å²) >= 11 is 12.2. The van der Waals surface area contributed by atoms with Crippen molar-refractivity contribution < 1.29 is 9.18 Å². The number of nitrogens with zero attached hydrogens (tertiary/aromatic N) is 1. The molecule has 222 valence electrons. The van der Waals surface area contributed by atoms with E-state index in [1.165, 1.54) is 17.2 Å². The second kappa shape index (κ2) is 13.3. The predicted octanol–water partition coefficient (Wildman–Crippen LogP) is 10.6. The Hall–Kier alpha value is -4.12. The van der Waals surface area contributed by atoms with Gasteiger partial charge in [-0.25, -0.2) is 9.18 Å². The van der Waals surface area contributed by atoms with Crippen molar-refractivity contribution in [1.82, 2.24) is 9.88 Å². The number of fused-ring (bicyclic) bond motifs is 3. The molecule has 0 unspecified atom stereocenters. The number of nitrogens with one attached hydrogen (secondary N) is 1. The molecule has 1 heterocycles. The second-order valence-corrected chi connectivity index (χ2v) is 12.0. The average Bonchev–Trinajstić information content (AvgIpc) is 3.19. The van der Waals surface area contributed by atoms with Crippen molar-refractivity contribution >= 4 is 46.2 Å². The number of carbonyl (C=O) groups is 1. The molecule has 1 aliphatic carbocycles. The quantitative estimate of drug-likeness (QED) is 0.188. The van der Waals surface area contributed by atoms with Gasteiger partial charge in [0.05, 0.1) is 5.52 Å². The van der Waals surface area contributed by atoms with Crippen LogP contribution in [0.2, 0.25) is 10.0 Å². The van der Waals surface area contributed by atoms with Crippen LogP contribution in [-0.4, -0.2) is 10.6 Å². The number of hydrogen-bond acceptors (Lipinski definition) is 1. The lowest BCUT2D eigenvalue weighted by atomic mass is 10.00. The molecule has 0 bridgehead atoms. The van der Waals surface area contributed by atoms with Crippen molar-refractivity contribution in [2.24, 2.45) is 0 Å². The number of allylic oxidation sites excluding steroid dienone is 3. The van der Waals surface area contributed by atoms with E-state index in [2.05, 4.69) is 35.7 Å². The molecule has 3 nitrogen and oxygen atoms in total. The van der Waals surface area contributed by atoms with Crippen LogP contribution in [0, 0.1) is 5.82 Å². The van der Waals surface area contributed by atoms with Crippen molar-refractivity contribution in [1.29, 1.82) is 0 Å². The van der Waals surface area contributed by atoms with Crippen LogP contribution in [-0.2, 0) is 25.8 Å². The van der Waals surface area contributed by atoms with Gasteiger partial charge >= 0.3 is 6.03 Å². The van der Waals surface area contributed by atoms with Crippen molar-refractivity contribution in [2.75, 3.05) is 0 Å². The van der Waals surface area contributed by atoms with E-state index in [0.717, 1.165) is 69.6 Å². The highest BCUT2D eigenvalue weighted by molar-refractivity contribution is 6.30. The smallest absolute Gasteiger partial charge is 0.326 e. The molecule has 0 radical (unpaired) electrons. The average molecular weight is 624 g/mol. The minimum atomic E-state index is -0.237. The molecule has 6 heteroatoms. The number of halogens is 3. The van der Waals surface area contributed by atoms with Gasteiger partial charge in [-0.05, 0) is 108 Å². The van der Waals surface area contributed by atoms with Gasteiger partial charge in [-0.15, -0.1) is 0 Å². The molecule has 6 rings (SSSR count). The molecule has 1 amide bonds. The Bertz CT molecular complexity index is 1890. The Morgan fingerprint density at radius 2 is 1.57 bits per heavy atom. The minimum Gasteiger partial charge on any atom is -0.333 e. The normalized spacial score (nSPS) is 14.2. The topological polar surface area (TPSA) is 34.0 Å². The van der Waals surface area contributed by atoms with E-state index in [1.807, 2.05) is 72.2 Å². The number of carbonyl (C=O) groups excluding carboxylic acids is 1. The van der Waals surface area contributed by atoms with E-state index in [4.69, 9.17) is 23.2 Å². The summed E-state index contributed by atoms with van der Waals surface area (Å²) in [6, 6.07) is 26.9. The van der Waals surface area contributed by atoms with E-state index in [0.29, 0.717) is 17.0 Å². The van der Waals surface area contributed by atoms with Gasteiger partial charge in [0.2, 0.25) is 0 Å². The fourth-order valence-corrected chi connectivity index (χ4v) is 6.23. The van der Waals surface area contributed by atoms with Gasteiger partial charge in [-0.1, -0.05) is 96.4 Å². The summed E-state index contributed by atoms with van der Waals surface area (Å²) in [4.78, 5) is 13.8. The maximum Gasteiger partial charge on any atom is 0.326 e. The highest BCUT2D eigenvalue weighted by atomic mass is 35.5.